The van der Waals surface area contributed by atoms with Crippen molar-refractivity contribution in [3.05, 3.63) is 59.7 Å². The van der Waals surface area contributed by atoms with Crippen molar-refractivity contribution in [3.63, 3.8) is 0 Å². The van der Waals surface area contributed by atoms with Gasteiger partial charge in [-0.3, -0.25) is 4.98 Å². The fourth-order valence-electron chi connectivity index (χ4n) is 2.49. The first-order chi connectivity index (χ1) is 10.2. The van der Waals surface area contributed by atoms with Gasteiger partial charge in [-0.1, -0.05) is 32.0 Å². The minimum atomic E-state index is -0.0709. The maximum Gasteiger partial charge on any atom is 0.136 e. The van der Waals surface area contributed by atoms with Crippen molar-refractivity contribution in [2.75, 3.05) is 0 Å². The highest BCUT2D eigenvalue weighted by Crippen LogP contribution is 2.18. The van der Waals surface area contributed by atoms with Crippen LogP contribution >= 0.6 is 0 Å². The van der Waals surface area contributed by atoms with E-state index in [1.165, 1.54) is 0 Å². The fraction of sp³-hybridized carbons (Fsp3) is 0.294. The number of aromatic nitrogens is 3. The molecule has 0 aliphatic carbocycles. The van der Waals surface area contributed by atoms with Gasteiger partial charge in [0.1, 0.15) is 12.4 Å². The third kappa shape index (κ3) is 2.67. The first kappa shape index (κ1) is 13.8. The molecule has 0 fully saturated rings. The van der Waals surface area contributed by atoms with Crippen LogP contribution in [0.5, 0.6) is 0 Å². The molecule has 0 saturated carbocycles. The second-order valence-electron chi connectivity index (χ2n) is 5.47. The molecule has 4 heteroatoms. The van der Waals surface area contributed by atoms with Crippen molar-refractivity contribution in [2.24, 2.45) is 0 Å². The average Bonchev–Trinajstić information content (AvgIpc) is 2.86. The van der Waals surface area contributed by atoms with Crippen LogP contribution in [0.3, 0.4) is 0 Å². The van der Waals surface area contributed by atoms with Gasteiger partial charge in [-0.2, -0.15) is 0 Å². The summed E-state index contributed by atoms with van der Waals surface area (Å²) in [6, 6.07) is 14.0. The largest absolute Gasteiger partial charge is 0.388 e. The molecule has 0 aliphatic rings. The van der Waals surface area contributed by atoms with Crippen LogP contribution in [0.1, 0.15) is 37.0 Å². The van der Waals surface area contributed by atoms with E-state index in [9.17, 15) is 5.11 Å². The van der Waals surface area contributed by atoms with Crippen molar-refractivity contribution in [2.45, 2.75) is 32.9 Å². The van der Waals surface area contributed by atoms with Gasteiger partial charge in [0.05, 0.1) is 23.3 Å². The standard InChI is InChI=1S/C17H19N3O/c1-12(2)14-8-5-6-13(18-14)10-20-16-9-4-3-7-15(16)19-17(20)11-21/h3-9,12,21H,10-11H2,1-2H3. The molecule has 0 aliphatic heterocycles. The van der Waals surface area contributed by atoms with Crippen LogP contribution in [0.25, 0.3) is 11.0 Å². The van der Waals surface area contributed by atoms with Gasteiger partial charge >= 0.3 is 0 Å². The smallest absolute Gasteiger partial charge is 0.136 e. The van der Waals surface area contributed by atoms with Crippen LogP contribution in [0.2, 0.25) is 0 Å². The minimum Gasteiger partial charge on any atom is -0.388 e. The summed E-state index contributed by atoms with van der Waals surface area (Å²) >= 11 is 0. The van der Waals surface area contributed by atoms with Gasteiger partial charge in [0, 0.05) is 5.69 Å². The molecule has 21 heavy (non-hydrogen) atoms. The molecule has 4 nitrogen and oxygen atoms in total. The minimum absolute atomic E-state index is 0.0709. The number of rotatable bonds is 4. The SMILES string of the molecule is CC(C)c1cccc(Cn2c(CO)nc3ccccc32)n1. The number of hydrogen-bond acceptors (Lipinski definition) is 3. The Labute approximate surface area is 124 Å². The molecule has 0 amide bonds. The van der Waals surface area contributed by atoms with E-state index in [-0.39, 0.29) is 6.61 Å². The molecule has 0 radical (unpaired) electrons. The van der Waals surface area contributed by atoms with Crippen LogP contribution < -0.4 is 0 Å². The summed E-state index contributed by atoms with van der Waals surface area (Å²) in [5.41, 5.74) is 4.00. The van der Waals surface area contributed by atoms with Gasteiger partial charge in [0.25, 0.3) is 0 Å². The molecule has 0 saturated heterocycles. The van der Waals surface area contributed by atoms with Gasteiger partial charge in [-0.25, -0.2) is 4.98 Å². The molecule has 3 aromatic rings. The highest BCUT2D eigenvalue weighted by atomic mass is 16.3. The predicted octanol–water partition coefficient (Wildman–Crippen LogP) is 3.10. The van der Waals surface area contributed by atoms with E-state index >= 15 is 0 Å². The number of imidazole rings is 1. The molecule has 2 aromatic heterocycles. The van der Waals surface area contributed by atoms with Gasteiger partial charge < -0.3 is 9.67 Å². The van der Waals surface area contributed by atoms with E-state index in [1.807, 2.05) is 47.0 Å². The van der Waals surface area contributed by atoms with Crippen molar-refractivity contribution < 1.29 is 5.11 Å². The molecule has 0 unspecified atom stereocenters. The quantitative estimate of drug-likeness (QED) is 0.799. The summed E-state index contributed by atoms with van der Waals surface area (Å²) in [6.07, 6.45) is 0. The maximum absolute atomic E-state index is 9.54. The number of aliphatic hydroxyl groups is 1. The molecule has 1 N–H and O–H groups in total. The van der Waals surface area contributed by atoms with Crippen LogP contribution in [0.4, 0.5) is 0 Å². The average molecular weight is 281 g/mol. The Morgan fingerprint density at radius 3 is 2.62 bits per heavy atom. The first-order valence-electron chi connectivity index (χ1n) is 7.20. The van der Waals surface area contributed by atoms with Gasteiger partial charge in [-0.15, -0.1) is 0 Å². The molecule has 2 heterocycles. The van der Waals surface area contributed by atoms with Crippen LogP contribution in [0, 0.1) is 0 Å². The van der Waals surface area contributed by atoms with E-state index in [1.54, 1.807) is 0 Å². The first-order valence-corrected chi connectivity index (χ1v) is 7.20. The van der Waals surface area contributed by atoms with E-state index in [0.29, 0.717) is 18.3 Å². The lowest BCUT2D eigenvalue weighted by atomic mass is 10.1. The zero-order valence-corrected chi connectivity index (χ0v) is 12.3. The van der Waals surface area contributed by atoms with E-state index < -0.39 is 0 Å². The van der Waals surface area contributed by atoms with Crippen LogP contribution in [-0.4, -0.2) is 19.6 Å². The lowest BCUT2D eigenvalue weighted by molar-refractivity contribution is 0.267. The van der Waals surface area contributed by atoms with E-state index in [2.05, 4.69) is 18.8 Å². The molecule has 0 spiro atoms. The Hall–Kier alpha value is -2.20. The van der Waals surface area contributed by atoms with Gasteiger partial charge in [-0.05, 0) is 30.2 Å². The molecule has 3 rings (SSSR count). The van der Waals surface area contributed by atoms with Crippen LogP contribution in [-0.2, 0) is 13.2 Å². The summed E-state index contributed by atoms with van der Waals surface area (Å²) in [4.78, 5) is 9.17. The van der Waals surface area contributed by atoms with Crippen molar-refractivity contribution in [1.29, 1.82) is 0 Å². The van der Waals surface area contributed by atoms with E-state index in [0.717, 1.165) is 22.4 Å². The number of fused-ring (bicyclic) bond motifs is 1. The van der Waals surface area contributed by atoms with Crippen molar-refractivity contribution >= 4 is 11.0 Å². The normalized spacial score (nSPS) is 11.4. The summed E-state index contributed by atoms with van der Waals surface area (Å²) in [7, 11) is 0. The maximum atomic E-state index is 9.54. The van der Waals surface area contributed by atoms with Gasteiger partial charge in [0.2, 0.25) is 0 Å². The Kier molecular flexibility index (Phi) is 3.71. The lowest BCUT2D eigenvalue weighted by Gasteiger charge is -2.10. The van der Waals surface area contributed by atoms with E-state index in [4.69, 9.17) is 4.98 Å². The molecule has 1 aromatic carbocycles. The Bertz CT molecular complexity index is 762. The number of nitrogens with zero attached hydrogens (tertiary/aromatic N) is 3. The summed E-state index contributed by atoms with van der Waals surface area (Å²) in [5, 5.41) is 9.54. The Morgan fingerprint density at radius 2 is 1.86 bits per heavy atom. The molecular weight excluding hydrogens is 262 g/mol. The Morgan fingerprint density at radius 1 is 1.05 bits per heavy atom. The third-order valence-electron chi connectivity index (χ3n) is 3.61. The monoisotopic (exact) mass is 281 g/mol. The molecule has 0 bridgehead atoms. The second-order valence-corrected chi connectivity index (χ2v) is 5.47. The zero-order valence-electron chi connectivity index (χ0n) is 12.3. The van der Waals surface area contributed by atoms with Crippen LogP contribution in [0.15, 0.2) is 42.5 Å². The number of aliphatic hydroxyl groups excluding tert-OH is 1. The van der Waals surface area contributed by atoms with Crippen molar-refractivity contribution in [1.82, 2.24) is 14.5 Å². The highest BCUT2D eigenvalue weighted by Gasteiger charge is 2.11. The lowest BCUT2D eigenvalue weighted by Crippen LogP contribution is -2.07. The fourth-order valence-corrected chi connectivity index (χ4v) is 2.49. The molecular formula is C17H19N3O. The number of para-hydroxylation sites is 2. The second kappa shape index (κ2) is 5.66. The molecule has 0 atom stereocenters. The summed E-state index contributed by atoms with van der Waals surface area (Å²) in [5.74, 6) is 1.08. The number of pyridine rings is 1. The molecule has 108 valence electrons. The number of hydrogen-bond donors (Lipinski definition) is 1. The Balaban J connectivity index is 2.03. The van der Waals surface area contributed by atoms with Gasteiger partial charge in [0.15, 0.2) is 0 Å². The third-order valence-corrected chi connectivity index (χ3v) is 3.61. The van der Waals surface area contributed by atoms with Crippen molar-refractivity contribution in [3.8, 4) is 0 Å². The predicted molar refractivity (Wildman–Crippen MR) is 83.1 cm³/mol. The highest BCUT2D eigenvalue weighted by molar-refractivity contribution is 5.75. The summed E-state index contributed by atoms with van der Waals surface area (Å²) < 4.78 is 2.03. The number of benzene rings is 1. The summed E-state index contributed by atoms with van der Waals surface area (Å²) in [6.45, 7) is 4.82. The topological polar surface area (TPSA) is 50.9 Å². The zero-order chi connectivity index (χ0) is 14.8.